The highest BCUT2D eigenvalue weighted by Crippen LogP contribution is 2.29. The van der Waals surface area contributed by atoms with Crippen LogP contribution in [-0.2, 0) is 5.75 Å². The quantitative estimate of drug-likeness (QED) is 0.471. The third-order valence-corrected chi connectivity index (χ3v) is 5.93. The molecule has 0 atom stereocenters. The largest absolute Gasteiger partial charge is 0.296 e. The standard InChI is InChI=1S/C18H16ClN3OS2/c1-11-6-7-14(8-12(11)2)16(23)20-17-21-22-18(25-17)24-10-13-4-3-5-15(19)9-13/h3-9H,10H2,1-2H3,(H,20,21,23). The van der Waals surface area contributed by atoms with Crippen molar-refractivity contribution in [2.24, 2.45) is 0 Å². The lowest BCUT2D eigenvalue weighted by Gasteiger charge is -2.04. The van der Waals surface area contributed by atoms with E-state index < -0.39 is 0 Å². The minimum absolute atomic E-state index is 0.175. The number of aromatic nitrogens is 2. The van der Waals surface area contributed by atoms with Gasteiger partial charge in [-0.1, -0.05) is 52.9 Å². The molecule has 3 aromatic rings. The second kappa shape index (κ2) is 7.99. The lowest BCUT2D eigenvalue weighted by Crippen LogP contribution is -2.12. The minimum Gasteiger partial charge on any atom is -0.296 e. The molecule has 25 heavy (non-hydrogen) atoms. The number of nitrogens with one attached hydrogen (secondary N) is 1. The molecular weight excluding hydrogens is 374 g/mol. The monoisotopic (exact) mass is 389 g/mol. The van der Waals surface area contributed by atoms with Gasteiger partial charge in [0.15, 0.2) is 4.34 Å². The summed E-state index contributed by atoms with van der Waals surface area (Å²) < 4.78 is 0.801. The summed E-state index contributed by atoms with van der Waals surface area (Å²) in [5, 5.41) is 12.2. The highest BCUT2D eigenvalue weighted by Gasteiger charge is 2.11. The normalized spacial score (nSPS) is 10.7. The van der Waals surface area contributed by atoms with Gasteiger partial charge in [0.2, 0.25) is 5.13 Å². The molecular formula is C18H16ClN3OS2. The van der Waals surface area contributed by atoms with Crippen LogP contribution in [0, 0.1) is 13.8 Å². The lowest BCUT2D eigenvalue weighted by molar-refractivity contribution is 0.102. The molecule has 0 aliphatic heterocycles. The first-order chi connectivity index (χ1) is 12.0. The van der Waals surface area contributed by atoms with Crippen molar-refractivity contribution >= 4 is 45.7 Å². The summed E-state index contributed by atoms with van der Waals surface area (Å²) in [4.78, 5) is 12.3. The van der Waals surface area contributed by atoms with Crippen molar-refractivity contribution < 1.29 is 4.79 Å². The van der Waals surface area contributed by atoms with Crippen molar-refractivity contribution in [1.29, 1.82) is 0 Å². The van der Waals surface area contributed by atoms with E-state index >= 15 is 0 Å². The molecule has 1 N–H and O–H groups in total. The van der Waals surface area contributed by atoms with Crippen LogP contribution >= 0.6 is 34.7 Å². The number of carbonyl (C=O) groups excluding carboxylic acids is 1. The highest BCUT2D eigenvalue weighted by atomic mass is 35.5. The van der Waals surface area contributed by atoms with Crippen molar-refractivity contribution in [3.05, 3.63) is 69.7 Å². The minimum atomic E-state index is -0.175. The van der Waals surface area contributed by atoms with E-state index in [1.165, 1.54) is 11.3 Å². The van der Waals surface area contributed by atoms with Gasteiger partial charge >= 0.3 is 0 Å². The molecule has 4 nitrogen and oxygen atoms in total. The molecule has 0 saturated heterocycles. The molecule has 0 saturated carbocycles. The Morgan fingerprint density at radius 2 is 2.00 bits per heavy atom. The summed E-state index contributed by atoms with van der Waals surface area (Å²) in [7, 11) is 0. The number of aryl methyl sites for hydroxylation is 2. The second-order valence-corrected chi connectivity index (χ2v) is 8.18. The summed E-state index contributed by atoms with van der Waals surface area (Å²) in [6.45, 7) is 4.01. The number of amides is 1. The third kappa shape index (κ3) is 4.81. The number of halogens is 1. The smallest absolute Gasteiger partial charge is 0.257 e. The predicted molar refractivity (Wildman–Crippen MR) is 105 cm³/mol. The second-order valence-electron chi connectivity index (χ2n) is 5.54. The summed E-state index contributed by atoms with van der Waals surface area (Å²) in [6, 6.07) is 13.3. The molecule has 0 spiro atoms. The molecule has 0 radical (unpaired) electrons. The van der Waals surface area contributed by atoms with Crippen LogP contribution in [0.15, 0.2) is 46.8 Å². The van der Waals surface area contributed by atoms with Crippen molar-refractivity contribution in [1.82, 2.24) is 10.2 Å². The van der Waals surface area contributed by atoms with E-state index in [0.29, 0.717) is 10.7 Å². The van der Waals surface area contributed by atoms with E-state index in [-0.39, 0.29) is 5.91 Å². The first-order valence-corrected chi connectivity index (χ1v) is 9.78. The van der Waals surface area contributed by atoms with Gasteiger partial charge in [-0.15, -0.1) is 10.2 Å². The van der Waals surface area contributed by atoms with Crippen LogP contribution in [0.3, 0.4) is 0 Å². The topological polar surface area (TPSA) is 54.9 Å². The Morgan fingerprint density at radius 1 is 1.16 bits per heavy atom. The molecule has 3 rings (SSSR count). The van der Waals surface area contributed by atoms with Gasteiger partial charge in [0.1, 0.15) is 0 Å². The molecule has 1 amide bonds. The van der Waals surface area contributed by atoms with Gasteiger partial charge in [0.25, 0.3) is 5.91 Å². The van der Waals surface area contributed by atoms with Crippen LogP contribution in [0.5, 0.6) is 0 Å². The van der Waals surface area contributed by atoms with Crippen LogP contribution in [0.4, 0.5) is 5.13 Å². The summed E-state index contributed by atoms with van der Waals surface area (Å²) >= 11 is 8.91. The van der Waals surface area contributed by atoms with Crippen molar-refractivity contribution in [2.45, 2.75) is 23.9 Å². The fourth-order valence-corrected chi connectivity index (χ4v) is 4.05. The van der Waals surface area contributed by atoms with Crippen molar-refractivity contribution in [3.63, 3.8) is 0 Å². The van der Waals surface area contributed by atoms with Crippen molar-refractivity contribution in [3.8, 4) is 0 Å². The molecule has 0 unspecified atom stereocenters. The Labute approximate surface area is 159 Å². The molecule has 0 aliphatic carbocycles. The Hall–Kier alpha value is -1.89. The van der Waals surface area contributed by atoms with E-state index in [9.17, 15) is 4.79 Å². The predicted octanol–water partition coefficient (Wildman–Crippen LogP) is 5.35. The van der Waals surface area contributed by atoms with E-state index in [1.54, 1.807) is 11.8 Å². The SMILES string of the molecule is Cc1ccc(C(=O)Nc2nnc(SCc3cccc(Cl)c3)s2)cc1C. The number of rotatable bonds is 5. The number of benzene rings is 2. The zero-order valence-corrected chi connectivity index (χ0v) is 16.1. The van der Waals surface area contributed by atoms with Gasteiger partial charge in [-0.05, 0) is 54.8 Å². The number of hydrogen-bond acceptors (Lipinski definition) is 5. The molecule has 7 heteroatoms. The Bertz CT molecular complexity index is 911. The first kappa shape index (κ1) is 17.9. The van der Waals surface area contributed by atoms with E-state index in [1.807, 2.05) is 56.3 Å². The average molecular weight is 390 g/mol. The number of anilines is 1. The maximum atomic E-state index is 12.3. The molecule has 128 valence electrons. The van der Waals surface area contributed by atoms with E-state index in [0.717, 1.165) is 31.8 Å². The van der Waals surface area contributed by atoms with E-state index in [2.05, 4.69) is 15.5 Å². The zero-order chi connectivity index (χ0) is 17.8. The number of thioether (sulfide) groups is 1. The van der Waals surface area contributed by atoms with Gasteiger partial charge in [-0.25, -0.2) is 0 Å². The van der Waals surface area contributed by atoms with Crippen LogP contribution in [0.2, 0.25) is 5.02 Å². The summed E-state index contributed by atoms with van der Waals surface area (Å²) in [5.41, 5.74) is 3.98. The molecule has 1 aromatic heterocycles. The van der Waals surface area contributed by atoms with E-state index in [4.69, 9.17) is 11.6 Å². The van der Waals surface area contributed by atoms with Crippen LogP contribution in [0.25, 0.3) is 0 Å². The number of nitrogens with zero attached hydrogens (tertiary/aromatic N) is 2. The lowest BCUT2D eigenvalue weighted by atomic mass is 10.1. The van der Waals surface area contributed by atoms with Gasteiger partial charge in [-0.2, -0.15) is 0 Å². The van der Waals surface area contributed by atoms with Gasteiger partial charge in [-0.3, -0.25) is 10.1 Å². The van der Waals surface area contributed by atoms with Gasteiger partial charge in [0.05, 0.1) is 0 Å². The fraction of sp³-hybridized carbons (Fsp3) is 0.167. The van der Waals surface area contributed by atoms with Crippen LogP contribution in [-0.4, -0.2) is 16.1 Å². The molecule has 1 heterocycles. The molecule has 2 aromatic carbocycles. The Balaban J connectivity index is 1.61. The van der Waals surface area contributed by atoms with Crippen molar-refractivity contribution in [2.75, 3.05) is 5.32 Å². The number of hydrogen-bond donors (Lipinski definition) is 1. The summed E-state index contributed by atoms with van der Waals surface area (Å²) in [5.74, 6) is 0.575. The third-order valence-electron chi connectivity index (χ3n) is 3.65. The molecule has 0 aliphatic rings. The Kier molecular flexibility index (Phi) is 5.73. The highest BCUT2D eigenvalue weighted by molar-refractivity contribution is 8.00. The number of carbonyl (C=O) groups is 1. The Morgan fingerprint density at radius 3 is 2.76 bits per heavy atom. The van der Waals surface area contributed by atoms with Crippen LogP contribution < -0.4 is 5.32 Å². The average Bonchev–Trinajstić information content (AvgIpc) is 3.03. The maximum Gasteiger partial charge on any atom is 0.257 e. The first-order valence-electron chi connectivity index (χ1n) is 7.60. The van der Waals surface area contributed by atoms with Gasteiger partial charge in [0, 0.05) is 16.3 Å². The molecule has 0 bridgehead atoms. The zero-order valence-electron chi connectivity index (χ0n) is 13.7. The summed E-state index contributed by atoms with van der Waals surface area (Å²) in [6.07, 6.45) is 0. The van der Waals surface area contributed by atoms with Crippen LogP contribution in [0.1, 0.15) is 27.0 Å². The maximum absolute atomic E-state index is 12.3. The van der Waals surface area contributed by atoms with Gasteiger partial charge < -0.3 is 0 Å². The fourth-order valence-electron chi connectivity index (χ4n) is 2.14. The molecule has 0 fully saturated rings.